The van der Waals surface area contributed by atoms with Crippen LogP contribution in [0, 0.1) is 12.8 Å². The molecule has 1 aromatic rings. The van der Waals surface area contributed by atoms with Crippen LogP contribution in [0.2, 0.25) is 0 Å². The van der Waals surface area contributed by atoms with Crippen molar-refractivity contribution in [1.82, 2.24) is 25.4 Å². The van der Waals surface area contributed by atoms with Crippen molar-refractivity contribution in [3.63, 3.8) is 0 Å². The Bertz CT molecular complexity index is 383. The summed E-state index contributed by atoms with van der Waals surface area (Å²) in [4.78, 5) is 18.1. The summed E-state index contributed by atoms with van der Waals surface area (Å²) in [6.45, 7) is 4.20. The van der Waals surface area contributed by atoms with Gasteiger partial charge in [-0.2, -0.15) is 5.10 Å². The summed E-state index contributed by atoms with van der Waals surface area (Å²) in [7, 11) is 1.82. The van der Waals surface area contributed by atoms with Crippen molar-refractivity contribution in [3.05, 3.63) is 11.6 Å². The number of carbonyl (C=O) groups excluding carboxylic acids is 1. The summed E-state index contributed by atoms with van der Waals surface area (Å²) in [6.07, 6.45) is 1.85. The van der Waals surface area contributed by atoms with E-state index in [1.165, 1.54) is 0 Å². The Kier molecular flexibility index (Phi) is 3.73. The molecule has 0 saturated carbocycles. The van der Waals surface area contributed by atoms with Gasteiger partial charge in [0, 0.05) is 13.0 Å². The molecule has 1 aliphatic heterocycles. The minimum absolute atomic E-state index is 0.154. The fraction of sp³-hybridized carbons (Fsp3) is 0.727. The van der Waals surface area contributed by atoms with Gasteiger partial charge in [-0.3, -0.25) is 9.89 Å². The fourth-order valence-electron chi connectivity index (χ4n) is 2.13. The Morgan fingerprint density at radius 1 is 1.47 bits per heavy atom. The summed E-state index contributed by atoms with van der Waals surface area (Å²) in [5.74, 6) is 1.81. The number of aryl methyl sites for hydroxylation is 1. The molecule has 2 N–H and O–H groups in total. The molecule has 2 heterocycles. The van der Waals surface area contributed by atoms with E-state index in [0.717, 1.165) is 31.8 Å². The standard InChI is InChI=1S/C11H19N5O/c1-8-13-10(15-14-8)7-16(2)11(17)9-3-5-12-6-4-9/h9,12H,3-7H2,1-2H3,(H,13,14,15). The van der Waals surface area contributed by atoms with Crippen molar-refractivity contribution < 1.29 is 4.79 Å². The molecule has 0 aliphatic carbocycles. The first-order valence-corrected chi connectivity index (χ1v) is 6.00. The highest BCUT2D eigenvalue weighted by atomic mass is 16.2. The molecule has 6 nitrogen and oxygen atoms in total. The van der Waals surface area contributed by atoms with Gasteiger partial charge >= 0.3 is 0 Å². The average molecular weight is 237 g/mol. The van der Waals surface area contributed by atoms with E-state index >= 15 is 0 Å². The Morgan fingerprint density at radius 2 is 2.18 bits per heavy atom. The normalized spacial score (nSPS) is 17.1. The van der Waals surface area contributed by atoms with Crippen LogP contribution < -0.4 is 5.32 Å². The predicted octanol–water partition coefficient (Wildman–Crippen LogP) is 0.0711. The molecule has 1 saturated heterocycles. The van der Waals surface area contributed by atoms with Gasteiger partial charge in [0.25, 0.3) is 0 Å². The molecule has 0 unspecified atom stereocenters. The number of amides is 1. The van der Waals surface area contributed by atoms with E-state index in [1.807, 2.05) is 14.0 Å². The molecular weight excluding hydrogens is 218 g/mol. The summed E-state index contributed by atoms with van der Waals surface area (Å²) >= 11 is 0. The monoisotopic (exact) mass is 237 g/mol. The highest BCUT2D eigenvalue weighted by molar-refractivity contribution is 5.78. The van der Waals surface area contributed by atoms with Gasteiger partial charge in [-0.05, 0) is 32.9 Å². The average Bonchev–Trinajstić information content (AvgIpc) is 2.75. The zero-order valence-corrected chi connectivity index (χ0v) is 10.4. The van der Waals surface area contributed by atoms with Crippen molar-refractivity contribution in [2.75, 3.05) is 20.1 Å². The van der Waals surface area contributed by atoms with Gasteiger partial charge < -0.3 is 10.2 Å². The molecule has 94 valence electrons. The van der Waals surface area contributed by atoms with Gasteiger partial charge in [-0.15, -0.1) is 0 Å². The van der Waals surface area contributed by atoms with E-state index in [4.69, 9.17) is 0 Å². The first kappa shape index (κ1) is 12.0. The van der Waals surface area contributed by atoms with Gasteiger partial charge in [0.15, 0.2) is 5.82 Å². The maximum atomic E-state index is 12.1. The van der Waals surface area contributed by atoms with Crippen LogP contribution in [0.1, 0.15) is 24.5 Å². The minimum atomic E-state index is 0.154. The number of carbonyl (C=O) groups is 1. The van der Waals surface area contributed by atoms with Crippen LogP contribution in [0.4, 0.5) is 0 Å². The largest absolute Gasteiger partial charge is 0.338 e. The molecule has 1 fully saturated rings. The number of piperidine rings is 1. The third kappa shape index (κ3) is 3.03. The molecule has 1 amide bonds. The van der Waals surface area contributed by atoms with Crippen LogP contribution in [-0.2, 0) is 11.3 Å². The first-order valence-electron chi connectivity index (χ1n) is 6.00. The van der Waals surface area contributed by atoms with Crippen molar-refractivity contribution in [3.8, 4) is 0 Å². The molecule has 0 spiro atoms. The number of rotatable bonds is 3. The van der Waals surface area contributed by atoms with E-state index in [-0.39, 0.29) is 11.8 Å². The van der Waals surface area contributed by atoms with Crippen molar-refractivity contribution >= 4 is 5.91 Å². The van der Waals surface area contributed by atoms with Gasteiger partial charge in [0.2, 0.25) is 5.91 Å². The van der Waals surface area contributed by atoms with Crippen molar-refractivity contribution in [2.45, 2.75) is 26.3 Å². The van der Waals surface area contributed by atoms with Crippen molar-refractivity contribution in [1.29, 1.82) is 0 Å². The van der Waals surface area contributed by atoms with E-state index in [1.54, 1.807) is 4.90 Å². The number of nitrogens with zero attached hydrogens (tertiary/aromatic N) is 3. The van der Waals surface area contributed by atoms with Gasteiger partial charge in [0.05, 0.1) is 6.54 Å². The van der Waals surface area contributed by atoms with Crippen LogP contribution in [-0.4, -0.2) is 46.1 Å². The van der Waals surface area contributed by atoms with E-state index in [9.17, 15) is 4.79 Å². The highest BCUT2D eigenvalue weighted by Gasteiger charge is 2.24. The Labute approximate surface area is 101 Å². The molecule has 1 aromatic heterocycles. The second-order valence-corrected chi connectivity index (χ2v) is 4.56. The topological polar surface area (TPSA) is 73.9 Å². The number of aromatic amines is 1. The zero-order valence-electron chi connectivity index (χ0n) is 10.4. The summed E-state index contributed by atoms with van der Waals surface area (Å²) < 4.78 is 0. The second-order valence-electron chi connectivity index (χ2n) is 4.56. The number of hydrogen-bond donors (Lipinski definition) is 2. The second kappa shape index (κ2) is 5.27. The molecule has 1 aliphatic rings. The van der Waals surface area contributed by atoms with E-state index < -0.39 is 0 Å². The molecular formula is C11H19N5O. The number of nitrogens with one attached hydrogen (secondary N) is 2. The SMILES string of the molecule is Cc1nc(CN(C)C(=O)C2CCNCC2)n[nH]1. The third-order valence-electron chi connectivity index (χ3n) is 3.09. The summed E-state index contributed by atoms with van der Waals surface area (Å²) in [6, 6.07) is 0. The lowest BCUT2D eigenvalue weighted by molar-refractivity contribution is -0.135. The zero-order chi connectivity index (χ0) is 12.3. The number of aromatic nitrogens is 3. The lowest BCUT2D eigenvalue weighted by Gasteiger charge is -2.26. The molecule has 17 heavy (non-hydrogen) atoms. The number of H-pyrrole nitrogens is 1. The fourth-order valence-corrected chi connectivity index (χ4v) is 2.13. The summed E-state index contributed by atoms with van der Waals surface area (Å²) in [5.41, 5.74) is 0. The Hall–Kier alpha value is -1.43. The van der Waals surface area contributed by atoms with Crippen LogP contribution in [0.25, 0.3) is 0 Å². The molecule has 0 aromatic carbocycles. The predicted molar refractivity (Wildman–Crippen MR) is 63.2 cm³/mol. The van der Waals surface area contributed by atoms with Crippen LogP contribution in [0.3, 0.4) is 0 Å². The molecule has 6 heteroatoms. The molecule has 0 bridgehead atoms. The molecule has 0 atom stereocenters. The van der Waals surface area contributed by atoms with Gasteiger partial charge in [-0.1, -0.05) is 0 Å². The Morgan fingerprint density at radius 3 is 2.76 bits per heavy atom. The maximum absolute atomic E-state index is 12.1. The Balaban J connectivity index is 1.90. The maximum Gasteiger partial charge on any atom is 0.225 e. The van der Waals surface area contributed by atoms with Crippen LogP contribution in [0.15, 0.2) is 0 Å². The van der Waals surface area contributed by atoms with Gasteiger partial charge in [0.1, 0.15) is 5.82 Å². The van der Waals surface area contributed by atoms with Crippen LogP contribution in [0.5, 0.6) is 0 Å². The highest BCUT2D eigenvalue weighted by Crippen LogP contribution is 2.15. The van der Waals surface area contributed by atoms with Gasteiger partial charge in [-0.25, -0.2) is 4.98 Å². The minimum Gasteiger partial charge on any atom is -0.338 e. The lowest BCUT2D eigenvalue weighted by atomic mass is 9.97. The summed E-state index contributed by atoms with van der Waals surface area (Å²) in [5, 5.41) is 10.1. The van der Waals surface area contributed by atoms with Crippen LogP contribution >= 0.6 is 0 Å². The molecule has 0 radical (unpaired) electrons. The number of hydrogen-bond acceptors (Lipinski definition) is 4. The lowest BCUT2D eigenvalue weighted by Crippen LogP contribution is -2.39. The first-order chi connectivity index (χ1) is 8.16. The molecule has 2 rings (SSSR count). The third-order valence-corrected chi connectivity index (χ3v) is 3.09. The quantitative estimate of drug-likeness (QED) is 0.780. The van der Waals surface area contributed by atoms with E-state index in [2.05, 4.69) is 20.5 Å². The smallest absolute Gasteiger partial charge is 0.225 e. The van der Waals surface area contributed by atoms with Crippen molar-refractivity contribution in [2.24, 2.45) is 5.92 Å². The van der Waals surface area contributed by atoms with E-state index in [0.29, 0.717) is 12.4 Å².